The van der Waals surface area contributed by atoms with Gasteiger partial charge in [0.15, 0.2) is 0 Å². The fraction of sp³-hybridized carbons (Fsp3) is 0.381. The Hall–Kier alpha value is -2.17. The van der Waals surface area contributed by atoms with Crippen molar-refractivity contribution in [2.75, 3.05) is 13.1 Å². The molecule has 0 unspecified atom stereocenters. The van der Waals surface area contributed by atoms with E-state index in [9.17, 15) is 9.90 Å². The lowest BCUT2D eigenvalue weighted by Gasteiger charge is -2.46. The largest absolute Gasteiger partial charge is 0.481 e. The van der Waals surface area contributed by atoms with Crippen LogP contribution in [0.5, 0.6) is 0 Å². The van der Waals surface area contributed by atoms with Crippen LogP contribution in [0.1, 0.15) is 24.5 Å². The number of hydrogen-bond acceptors (Lipinski definition) is 3. The van der Waals surface area contributed by atoms with Crippen LogP contribution in [0.15, 0.2) is 60.7 Å². The van der Waals surface area contributed by atoms with Gasteiger partial charge >= 0.3 is 5.97 Å². The molecule has 2 aromatic carbocycles. The van der Waals surface area contributed by atoms with Crippen molar-refractivity contribution in [3.8, 4) is 0 Å². The molecule has 1 aliphatic rings. The van der Waals surface area contributed by atoms with Crippen LogP contribution in [0.25, 0.3) is 0 Å². The third-order valence-electron chi connectivity index (χ3n) is 5.12. The van der Waals surface area contributed by atoms with Crippen molar-refractivity contribution < 1.29 is 9.90 Å². The molecule has 0 saturated carbocycles. The Labute approximate surface area is 149 Å². The summed E-state index contributed by atoms with van der Waals surface area (Å²) >= 11 is 0. The second-order valence-electron chi connectivity index (χ2n) is 6.82. The van der Waals surface area contributed by atoms with E-state index in [1.54, 1.807) is 0 Å². The van der Waals surface area contributed by atoms with E-state index in [-0.39, 0.29) is 18.5 Å². The third kappa shape index (κ3) is 4.68. The quantitative estimate of drug-likeness (QED) is 0.878. The minimum Gasteiger partial charge on any atom is -0.481 e. The molecular formula is C21H26N2O2. The van der Waals surface area contributed by atoms with Gasteiger partial charge in [-0.3, -0.25) is 14.6 Å². The highest BCUT2D eigenvalue weighted by molar-refractivity contribution is 5.67. The number of nitrogens with zero attached hydrogens (tertiary/aromatic N) is 2. The molecule has 4 nitrogen and oxygen atoms in total. The maximum Gasteiger partial charge on any atom is 0.304 e. The first kappa shape index (κ1) is 17.6. The number of aliphatic carboxylic acids is 1. The van der Waals surface area contributed by atoms with Gasteiger partial charge in [-0.25, -0.2) is 0 Å². The Balaban J connectivity index is 1.72. The van der Waals surface area contributed by atoms with Crippen molar-refractivity contribution in [2.24, 2.45) is 0 Å². The van der Waals surface area contributed by atoms with Gasteiger partial charge in [0.25, 0.3) is 0 Å². The van der Waals surface area contributed by atoms with Crippen LogP contribution in [0.2, 0.25) is 0 Å². The Morgan fingerprint density at radius 3 is 1.92 bits per heavy atom. The molecule has 3 rings (SSSR count). The average Bonchev–Trinajstić information content (AvgIpc) is 2.62. The van der Waals surface area contributed by atoms with Crippen LogP contribution < -0.4 is 0 Å². The molecule has 25 heavy (non-hydrogen) atoms. The summed E-state index contributed by atoms with van der Waals surface area (Å²) in [6.07, 6.45) is 0.180. The molecule has 0 amide bonds. The standard InChI is InChI=1S/C21H26N2O2/c1-17-20(14-21(24)25)23(16-19-10-6-3-7-11-19)13-12-22(17)15-18-8-4-2-5-9-18/h2-11,17,20H,12-16H2,1H3,(H,24,25)/t17-,20-/m1/s1. The summed E-state index contributed by atoms with van der Waals surface area (Å²) in [5.41, 5.74) is 2.52. The molecule has 132 valence electrons. The zero-order valence-corrected chi connectivity index (χ0v) is 14.7. The molecule has 4 heteroatoms. The first-order chi connectivity index (χ1) is 12.1. The Bertz CT molecular complexity index is 675. The number of piperazine rings is 1. The smallest absolute Gasteiger partial charge is 0.304 e. The van der Waals surface area contributed by atoms with Crippen LogP contribution in [0, 0.1) is 0 Å². The molecule has 1 fully saturated rings. The topological polar surface area (TPSA) is 43.8 Å². The average molecular weight is 338 g/mol. The number of benzene rings is 2. The van der Waals surface area contributed by atoms with Gasteiger partial charge in [-0.2, -0.15) is 0 Å². The fourth-order valence-electron chi connectivity index (χ4n) is 3.71. The maximum absolute atomic E-state index is 11.4. The summed E-state index contributed by atoms with van der Waals surface area (Å²) in [6, 6.07) is 20.9. The van der Waals surface area contributed by atoms with E-state index >= 15 is 0 Å². The summed E-state index contributed by atoms with van der Waals surface area (Å²) in [5.74, 6) is -0.725. The van der Waals surface area contributed by atoms with Crippen molar-refractivity contribution in [1.29, 1.82) is 0 Å². The molecule has 2 atom stereocenters. The molecule has 0 radical (unpaired) electrons. The number of hydrogen-bond donors (Lipinski definition) is 1. The molecular weight excluding hydrogens is 312 g/mol. The second kappa shape index (κ2) is 8.28. The number of carboxylic acids is 1. The predicted octanol–water partition coefficient (Wildman–Crippen LogP) is 3.24. The maximum atomic E-state index is 11.4. The van der Waals surface area contributed by atoms with E-state index in [4.69, 9.17) is 0 Å². The highest BCUT2D eigenvalue weighted by atomic mass is 16.4. The van der Waals surface area contributed by atoms with E-state index in [2.05, 4.69) is 53.1 Å². The van der Waals surface area contributed by atoms with Gasteiger partial charge in [-0.1, -0.05) is 60.7 Å². The van der Waals surface area contributed by atoms with Crippen LogP contribution in [0.3, 0.4) is 0 Å². The summed E-state index contributed by atoms with van der Waals surface area (Å²) in [4.78, 5) is 16.2. The molecule has 1 aliphatic heterocycles. The monoisotopic (exact) mass is 338 g/mol. The zero-order valence-electron chi connectivity index (χ0n) is 14.7. The van der Waals surface area contributed by atoms with Crippen LogP contribution >= 0.6 is 0 Å². The summed E-state index contributed by atoms with van der Waals surface area (Å²) in [6.45, 7) is 5.69. The van der Waals surface area contributed by atoms with Crippen LogP contribution in [-0.4, -0.2) is 46.0 Å². The highest BCUT2D eigenvalue weighted by Gasteiger charge is 2.34. The molecule has 0 spiro atoms. The minimum absolute atomic E-state index is 0.0233. The van der Waals surface area contributed by atoms with Gasteiger partial charge in [0.05, 0.1) is 6.42 Å². The van der Waals surface area contributed by atoms with Crippen molar-refractivity contribution in [3.05, 3.63) is 71.8 Å². The lowest BCUT2D eigenvalue weighted by Crippen LogP contribution is -2.58. The van der Waals surface area contributed by atoms with E-state index in [1.165, 1.54) is 11.1 Å². The highest BCUT2D eigenvalue weighted by Crippen LogP contribution is 2.24. The van der Waals surface area contributed by atoms with Gasteiger partial charge in [0.1, 0.15) is 0 Å². The van der Waals surface area contributed by atoms with Gasteiger partial charge < -0.3 is 5.11 Å². The lowest BCUT2D eigenvalue weighted by atomic mass is 9.98. The van der Waals surface area contributed by atoms with E-state index in [0.29, 0.717) is 0 Å². The van der Waals surface area contributed by atoms with Crippen molar-refractivity contribution in [2.45, 2.75) is 38.5 Å². The Morgan fingerprint density at radius 1 is 0.920 bits per heavy atom. The van der Waals surface area contributed by atoms with Gasteiger partial charge in [-0.15, -0.1) is 0 Å². The zero-order chi connectivity index (χ0) is 17.6. The van der Waals surface area contributed by atoms with E-state index in [0.717, 1.165) is 26.2 Å². The fourth-order valence-corrected chi connectivity index (χ4v) is 3.71. The molecule has 1 heterocycles. The molecule has 0 bridgehead atoms. The van der Waals surface area contributed by atoms with Gasteiger partial charge in [-0.05, 0) is 18.1 Å². The minimum atomic E-state index is -0.725. The number of carboxylic acid groups (broad SMARTS) is 1. The first-order valence-corrected chi connectivity index (χ1v) is 8.91. The lowest BCUT2D eigenvalue weighted by molar-refractivity contribution is -0.140. The third-order valence-corrected chi connectivity index (χ3v) is 5.12. The molecule has 1 saturated heterocycles. The van der Waals surface area contributed by atoms with Crippen LogP contribution in [-0.2, 0) is 17.9 Å². The SMILES string of the molecule is C[C@@H]1[C@@H](CC(=O)O)N(Cc2ccccc2)CCN1Cc1ccccc1. The van der Waals surface area contributed by atoms with Gasteiger partial charge in [0, 0.05) is 38.3 Å². The van der Waals surface area contributed by atoms with E-state index in [1.807, 2.05) is 24.3 Å². The van der Waals surface area contributed by atoms with Crippen molar-refractivity contribution in [3.63, 3.8) is 0 Å². The van der Waals surface area contributed by atoms with Crippen molar-refractivity contribution in [1.82, 2.24) is 9.80 Å². The normalized spacial score (nSPS) is 22.0. The number of carbonyl (C=O) groups is 1. The summed E-state index contributed by atoms with van der Waals surface area (Å²) < 4.78 is 0. The predicted molar refractivity (Wildman–Crippen MR) is 99.2 cm³/mol. The summed E-state index contributed by atoms with van der Waals surface area (Å²) in [7, 11) is 0. The molecule has 2 aromatic rings. The molecule has 0 aromatic heterocycles. The van der Waals surface area contributed by atoms with E-state index < -0.39 is 5.97 Å². The molecule has 0 aliphatic carbocycles. The Morgan fingerprint density at radius 2 is 1.40 bits per heavy atom. The second-order valence-corrected chi connectivity index (χ2v) is 6.82. The van der Waals surface area contributed by atoms with Crippen molar-refractivity contribution >= 4 is 5.97 Å². The Kier molecular flexibility index (Phi) is 5.84. The van der Waals surface area contributed by atoms with Gasteiger partial charge in [0.2, 0.25) is 0 Å². The van der Waals surface area contributed by atoms with Crippen LogP contribution in [0.4, 0.5) is 0 Å². The number of rotatable bonds is 6. The molecule has 1 N–H and O–H groups in total. The first-order valence-electron chi connectivity index (χ1n) is 8.91. The summed E-state index contributed by atoms with van der Waals surface area (Å²) in [5, 5.41) is 9.40.